The third-order valence-corrected chi connectivity index (χ3v) is 14.3. The molecule has 4 aromatic heterocycles. The maximum absolute atomic E-state index is 2.64. The van der Waals surface area contributed by atoms with E-state index in [4.69, 9.17) is 0 Å². The summed E-state index contributed by atoms with van der Waals surface area (Å²) in [6.07, 6.45) is 2.64. The van der Waals surface area contributed by atoms with Crippen molar-refractivity contribution >= 4 is 88.6 Å². The fourth-order valence-electron chi connectivity index (χ4n) is 11.1. The molecular formula is C57H57N3. The summed E-state index contributed by atoms with van der Waals surface area (Å²) in [6, 6.07) is 42.1. The molecule has 11 rings (SSSR count). The second-order valence-corrected chi connectivity index (χ2v) is 21.3. The lowest BCUT2D eigenvalue weighted by Crippen LogP contribution is -2.28. The second kappa shape index (κ2) is 12.2. The number of aromatic nitrogens is 2. The SMILES string of the molecule is Cc1ccccc1N(c1ccc2c3cc(C(C)(C)C)cc4c5cc6c(cc5n(c2c1)c34)c1c2c(c3cc(C(C)(C)C)ccc3n26)=CC(C(C)(C)C)C1C)c1ccccc1C. The molecule has 2 atom stereocenters. The van der Waals surface area contributed by atoms with Crippen LogP contribution in [0.2, 0.25) is 0 Å². The van der Waals surface area contributed by atoms with Crippen LogP contribution in [0.15, 0.2) is 109 Å². The maximum atomic E-state index is 2.64. The van der Waals surface area contributed by atoms with E-state index >= 15 is 0 Å². The van der Waals surface area contributed by atoms with Gasteiger partial charge in [0.2, 0.25) is 0 Å². The summed E-state index contributed by atoms with van der Waals surface area (Å²) >= 11 is 0. The average Bonchev–Trinajstić information content (AvgIpc) is 3.90. The van der Waals surface area contributed by atoms with Crippen LogP contribution in [-0.2, 0) is 10.8 Å². The van der Waals surface area contributed by atoms with Crippen molar-refractivity contribution in [3.8, 4) is 0 Å². The van der Waals surface area contributed by atoms with Crippen molar-refractivity contribution in [3.63, 3.8) is 0 Å². The van der Waals surface area contributed by atoms with Gasteiger partial charge < -0.3 is 13.7 Å². The molecule has 10 aromatic rings. The van der Waals surface area contributed by atoms with E-state index in [1.54, 1.807) is 0 Å². The molecule has 2 unspecified atom stereocenters. The van der Waals surface area contributed by atoms with Crippen LogP contribution >= 0.6 is 0 Å². The zero-order chi connectivity index (χ0) is 41.9. The molecule has 0 bridgehead atoms. The first-order chi connectivity index (χ1) is 28.4. The number of hydrogen-bond acceptors (Lipinski definition) is 1. The Morgan fingerprint density at radius 3 is 1.65 bits per heavy atom. The summed E-state index contributed by atoms with van der Waals surface area (Å²) in [6.45, 7) is 28.3. The molecular weight excluding hydrogens is 727 g/mol. The fourth-order valence-corrected chi connectivity index (χ4v) is 11.1. The fraction of sp³-hybridized carbons (Fsp3) is 0.298. The van der Waals surface area contributed by atoms with Gasteiger partial charge in [0, 0.05) is 54.6 Å². The molecule has 300 valence electrons. The molecule has 3 heteroatoms. The van der Waals surface area contributed by atoms with Crippen molar-refractivity contribution in [2.75, 3.05) is 4.90 Å². The Morgan fingerprint density at radius 2 is 1.03 bits per heavy atom. The normalized spacial score (nSPS) is 16.5. The van der Waals surface area contributed by atoms with E-state index in [1.807, 2.05) is 0 Å². The molecule has 0 saturated heterocycles. The van der Waals surface area contributed by atoms with Gasteiger partial charge >= 0.3 is 0 Å². The van der Waals surface area contributed by atoms with Gasteiger partial charge in [-0.3, -0.25) is 0 Å². The molecule has 0 saturated carbocycles. The summed E-state index contributed by atoms with van der Waals surface area (Å²) < 4.78 is 5.24. The number of benzene rings is 6. The summed E-state index contributed by atoms with van der Waals surface area (Å²) in [7, 11) is 0. The minimum absolute atomic E-state index is 0.0125. The highest BCUT2D eigenvalue weighted by molar-refractivity contribution is 6.26. The molecule has 1 aliphatic carbocycles. The van der Waals surface area contributed by atoms with Crippen LogP contribution in [0.3, 0.4) is 0 Å². The van der Waals surface area contributed by atoms with Gasteiger partial charge in [-0.1, -0.05) is 124 Å². The van der Waals surface area contributed by atoms with Crippen molar-refractivity contribution in [3.05, 3.63) is 142 Å². The molecule has 0 fully saturated rings. The van der Waals surface area contributed by atoms with E-state index in [0.29, 0.717) is 11.8 Å². The smallest absolute Gasteiger partial charge is 0.0620 e. The predicted octanol–water partition coefficient (Wildman–Crippen LogP) is 15.4. The van der Waals surface area contributed by atoms with Gasteiger partial charge in [0.25, 0.3) is 0 Å². The van der Waals surface area contributed by atoms with Gasteiger partial charge in [0.05, 0.1) is 33.1 Å². The number of aryl methyl sites for hydroxylation is 2. The van der Waals surface area contributed by atoms with Crippen LogP contribution < -0.4 is 10.1 Å². The molecule has 0 spiro atoms. The first-order valence-electron chi connectivity index (χ1n) is 22.1. The van der Waals surface area contributed by atoms with Gasteiger partial charge in [-0.25, -0.2) is 0 Å². The number of fused-ring (bicyclic) bond motifs is 12. The standard InChI is InChI=1S/C57H57N3/c1-32-17-13-15-19-46(32)58(47-20-16-14-18-33(47)2)37-22-23-38-41-26-36(56(7,8)9)27-42-40-30-51-44(31-50(40)60(53(41)42)49(38)28-37)52-34(3)45(57(10,11)12)29-43-39-25-35(55(4,5)6)21-24-48(39)59(51)54(43)52/h13-31,34,45H,1-12H3. The van der Waals surface area contributed by atoms with Gasteiger partial charge in [-0.2, -0.15) is 0 Å². The zero-order valence-electron chi connectivity index (χ0n) is 37.5. The highest BCUT2D eigenvalue weighted by atomic mass is 15.1. The van der Waals surface area contributed by atoms with Gasteiger partial charge in [-0.15, -0.1) is 0 Å². The summed E-state index contributed by atoms with van der Waals surface area (Å²) in [5.41, 5.74) is 18.4. The number of rotatable bonds is 3. The highest BCUT2D eigenvalue weighted by Crippen LogP contribution is 2.50. The molecule has 0 N–H and O–H groups in total. The van der Waals surface area contributed by atoms with Crippen molar-refractivity contribution < 1.29 is 0 Å². The first-order valence-corrected chi connectivity index (χ1v) is 22.1. The van der Waals surface area contributed by atoms with E-state index in [2.05, 4.69) is 212 Å². The first kappa shape index (κ1) is 37.2. The van der Waals surface area contributed by atoms with Gasteiger partial charge in [-0.05, 0) is 130 Å². The third kappa shape index (κ3) is 5.08. The van der Waals surface area contributed by atoms with Crippen molar-refractivity contribution in [2.45, 2.75) is 99.8 Å². The monoisotopic (exact) mass is 783 g/mol. The number of nitrogens with zero attached hydrogens (tertiary/aromatic N) is 3. The van der Waals surface area contributed by atoms with Gasteiger partial charge in [0.1, 0.15) is 0 Å². The lowest BCUT2D eigenvalue weighted by molar-refractivity contribution is 0.276. The minimum Gasteiger partial charge on any atom is -0.310 e. The molecule has 60 heavy (non-hydrogen) atoms. The van der Waals surface area contributed by atoms with Crippen LogP contribution in [0.25, 0.3) is 71.5 Å². The summed E-state index contributed by atoms with van der Waals surface area (Å²) in [5, 5.41) is 9.49. The number of hydrogen-bond donors (Lipinski definition) is 0. The lowest BCUT2D eigenvalue weighted by atomic mass is 9.69. The molecule has 1 aliphatic rings. The molecule has 0 amide bonds. The maximum Gasteiger partial charge on any atom is 0.0620 e. The Bertz CT molecular complexity index is 3430. The van der Waals surface area contributed by atoms with E-state index < -0.39 is 0 Å². The molecule has 0 radical (unpaired) electrons. The van der Waals surface area contributed by atoms with Crippen molar-refractivity contribution in [2.24, 2.45) is 11.3 Å². The Labute approximate surface area is 354 Å². The van der Waals surface area contributed by atoms with E-state index in [-0.39, 0.29) is 16.2 Å². The topological polar surface area (TPSA) is 12.1 Å². The van der Waals surface area contributed by atoms with Crippen LogP contribution in [0.1, 0.15) is 103 Å². The molecule has 3 nitrogen and oxygen atoms in total. The Kier molecular flexibility index (Phi) is 7.54. The van der Waals surface area contributed by atoms with Crippen LogP contribution in [0, 0.1) is 25.2 Å². The molecule has 0 aliphatic heterocycles. The number of para-hydroxylation sites is 2. The second-order valence-electron chi connectivity index (χ2n) is 21.3. The van der Waals surface area contributed by atoms with E-state index in [0.717, 1.165) is 5.69 Å². The quantitative estimate of drug-likeness (QED) is 0.174. The third-order valence-electron chi connectivity index (χ3n) is 14.3. The predicted molar refractivity (Wildman–Crippen MR) is 260 cm³/mol. The van der Waals surface area contributed by atoms with Crippen LogP contribution in [0.5, 0.6) is 0 Å². The van der Waals surface area contributed by atoms with Crippen LogP contribution in [0.4, 0.5) is 17.1 Å². The van der Waals surface area contributed by atoms with Crippen molar-refractivity contribution in [1.29, 1.82) is 0 Å². The van der Waals surface area contributed by atoms with E-state index in [9.17, 15) is 0 Å². The molecule has 6 aromatic carbocycles. The van der Waals surface area contributed by atoms with Gasteiger partial charge in [0.15, 0.2) is 0 Å². The summed E-state index contributed by atoms with van der Waals surface area (Å²) in [4.78, 5) is 2.46. The highest BCUT2D eigenvalue weighted by Gasteiger charge is 2.37. The lowest BCUT2D eigenvalue weighted by Gasteiger charge is -2.35. The Balaban J connectivity index is 1.29. The van der Waals surface area contributed by atoms with Crippen LogP contribution in [-0.4, -0.2) is 8.80 Å². The van der Waals surface area contributed by atoms with E-state index in [1.165, 1.54) is 110 Å². The Morgan fingerprint density at radius 1 is 0.483 bits per heavy atom. The zero-order valence-corrected chi connectivity index (χ0v) is 37.5. The number of anilines is 3. The Hall–Kier alpha value is -5.80. The van der Waals surface area contributed by atoms with Crippen molar-refractivity contribution in [1.82, 2.24) is 8.80 Å². The summed E-state index contributed by atoms with van der Waals surface area (Å²) in [5.74, 6) is 0.765. The molecule has 4 heterocycles. The minimum atomic E-state index is -0.0125. The largest absolute Gasteiger partial charge is 0.310 e. The average molecular weight is 784 g/mol.